The highest BCUT2D eigenvalue weighted by atomic mass is 16.5. The molecular weight excluding hydrogens is 236 g/mol. The Balaban J connectivity index is 2.47. The van der Waals surface area contributed by atoms with Gasteiger partial charge in [0.15, 0.2) is 5.75 Å². The van der Waals surface area contributed by atoms with Crippen LogP contribution >= 0.6 is 0 Å². The molecule has 0 unspecified atom stereocenters. The van der Waals surface area contributed by atoms with Crippen molar-refractivity contribution in [2.24, 2.45) is 0 Å². The standard InChI is InChI=1S/C12H12N2O4/c1-14-8-5-7(13)3-4-10(8)18-12(16)9(14)6-11(15)17-2/h3-6H,13H2,1-2H3/b9-6-. The lowest BCUT2D eigenvalue weighted by molar-refractivity contribution is -0.136. The third-order valence-corrected chi connectivity index (χ3v) is 2.57. The zero-order valence-electron chi connectivity index (χ0n) is 9.97. The number of ether oxygens (including phenoxy) is 2. The zero-order chi connectivity index (χ0) is 13.3. The van der Waals surface area contributed by atoms with Gasteiger partial charge in [-0.15, -0.1) is 0 Å². The molecule has 0 radical (unpaired) electrons. The highest BCUT2D eigenvalue weighted by Crippen LogP contribution is 2.36. The summed E-state index contributed by atoms with van der Waals surface area (Å²) < 4.78 is 9.59. The molecular formula is C12H12N2O4. The Morgan fingerprint density at radius 3 is 2.89 bits per heavy atom. The lowest BCUT2D eigenvalue weighted by Crippen LogP contribution is -2.32. The van der Waals surface area contributed by atoms with E-state index in [1.54, 1.807) is 25.2 Å². The van der Waals surface area contributed by atoms with Crippen LogP contribution in [0.2, 0.25) is 0 Å². The molecule has 1 heterocycles. The molecule has 0 bridgehead atoms. The summed E-state index contributed by atoms with van der Waals surface area (Å²) in [5, 5.41) is 0. The maximum atomic E-state index is 11.7. The largest absolute Gasteiger partial charge is 0.466 e. The average molecular weight is 248 g/mol. The van der Waals surface area contributed by atoms with Gasteiger partial charge in [0, 0.05) is 12.7 Å². The fourth-order valence-corrected chi connectivity index (χ4v) is 1.63. The maximum absolute atomic E-state index is 11.7. The van der Waals surface area contributed by atoms with Gasteiger partial charge in [0.05, 0.1) is 18.9 Å². The second-order valence-corrected chi connectivity index (χ2v) is 3.73. The van der Waals surface area contributed by atoms with Crippen molar-refractivity contribution in [3.05, 3.63) is 30.0 Å². The number of carbonyl (C=O) groups is 2. The number of esters is 2. The number of fused-ring (bicyclic) bond motifs is 1. The number of nitrogen functional groups attached to an aromatic ring is 1. The fraction of sp³-hybridized carbons (Fsp3) is 0.167. The Labute approximate surface area is 104 Å². The Morgan fingerprint density at radius 2 is 2.22 bits per heavy atom. The zero-order valence-corrected chi connectivity index (χ0v) is 9.97. The summed E-state index contributed by atoms with van der Waals surface area (Å²) in [4.78, 5) is 24.5. The van der Waals surface area contributed by atoms with E-state index < -0.39 is 11.9 Å². The Bertz CT molecular complexity index is 551. The van der Waals surface area contributed by atoms with Crippen LogP contribution in [0.15, 0.2) is 30.0 Å². The van der Waals surface area contributed by atoms with Crippen LogP contribution < -0.4 is 15.4 Å². The minimum Gasteiger partial charge on any atom is -0.466 e. The summed E-state index contributed by atoms with van der Waals surface area (Å²) in [6.45, 7) is 0. The van der Waals surface area contributed by atoms with Crippen LogP contribution in [0.5, 0.6) is 5.75 Å². The Kier molecular flexibility index (Phi) is 2.93. The summed E-state index contributed by atoms with van der Waals surface area (Å²) in [7, 11) is 2.88. The minimum atomic E-state index is -0.624. The number of carbonyl (C=O) groups excluding carboxylic acids is 2. The van der Waals surface area contributed by atoms with Crippen molar-refractivity contribution in [1.29, 1.82) is 0 Å². The highest BCUT2D eigenvalue weighted by Gasteiger charge is 2.28. The normalized spacial score (nSPS) is 16.2. The number of rotatable bonds is 1. The van der Waals surface area contributed by atoms with Gasteiger partial charge in [0.1, 0.15) is 5.70 Å². The molecule has 18 heavy (non-hydrogen) atoms. The number of hydrogen-bond acceptors (Lipinski definition) is 6. The third kappa shape index (κ3) is 2.00. The van der Waals surface area contributed by atoms with Crippen molar-refractivity contribution >= 4 is 23.3 Å². The van der Waals surface area contributed by atoms with Gasteiger partial charge in [-0.25, -0.2) is 9.59 Å². The van der Waals surface area contributed by atoms with Gasteiger partial charge >= 0.3 is 11.9 Å². The fourth-order valence-electron chi connectivity index (χ4n) is 1.63. The molecule has 1 aliphatic rings. The van der Waals surface area contributed by atoms with Crippen LogP contribution in [0.1, 0.15) is 0 Å². The van der Waals surface area contributed by atoms with Gasteiger partial charge in [0.2, 0.25) is 0 Å². The predicted octanol–water partition coefficient (Wildman–Crippen LogP) is 0.681. The molecule has 0 amide bonds. The topological polar surface area (TPSA) is 81.9 Å². The number of hydrogen-bond donors (Lipinski definition) is 1. The van der Waals surface area contributed by atoms with Crippen LogP contribution in [-0.2, 0) is 14.3 Å². The molecule has 6 heteroatoms. The van der Waals surface area contributed by atoms with E-state index in [1.165, 1.54) is 12.0 Å². The van der Waals surface area contributed by atoms with Crippen LogP contribution in [0, 0.1) is 0 Å². The van der Waals surface area contributed by atoms with E-state index in [1.807, 2.05) is 0 Å². The van der Waals surface area contributed by atoms with Gasteiger partial charge in [0.25, 0.3) is 0 Å². The van der Waals surface area contributed by atoms with Gasteiger partial charge in [-0.1, -0.05) is 0 Å². The Hall–Kier alpha value is -2.50. The van der Waals surface area contributed by atoms with Crippen LogP contribution in [0.4, 0.5) is 11.4 Å². The predicted molar refractivity (Wildman–Crippen MR) is 65.0 cm³/mol. The first-order valence-corrected chi connectivity index (χ1v) is 5.18. The molecule has 1 aromatic rings. The van der Waals surface area contributed by atoms with E-state index in [4.69, 9.17) is 10.5 Å². The van der Waals surface area contributed by atoms with E-state index in [9.17, 15) is 9.59 Å². The SMILES string of the molecule is COC(=O)/C=C1/C(=O)Oc2ccc(N)cc2N1C. The monoisotopic (exact) mass is 248 g/mol. The van der Waals surface area contributed by atoms with Gasteiger partial charge in [-0.2, -0.15) is 0 Å². The molecule has 1 aliphatic heterocycles. The summed E-state index contributed by atoms with van der Waals surface area (Å²) >= 11 is 0. The van der Waals surface area contributed by atoms with E-state index in [0.717, 1.165) is 6.08 Å². The number of benzene rings is 1. The number of nitrogens with two attached hydrogens (primary N) is 1. The van der Waals surface area contributed by atoms with Crippen molar-refractivity contribution < 1.29 is 19.1 Å². The van der Waals surface area contributed by atoms with Gasteiger partial charge in [-0.3, -0.25) is 0 Å². The quantitative estimate of drug-likeness (QED) is 0.340. The van der Waals surface area contributed by atoms with E-state index in [2.05, 4.69) is 4.74 Å². The molecule has 94 valence electrons. The first-order chi connectivity index (χ1) is 8.52. The molecule has 0 atom stereocenters. The molecule has 0 saturated carbocycles. The smallest absolute Gasteiger partial charge is 0.360 e. The summed E-state index contributed by atoms with van der Waals surface area (Å²) in [5.74, 6) is -0.833. The van der Waals surface area contributed by atoms with Crippen molar-refractivity contribution in [3.8, 4) is 5.75 Å². The first-order valence-electron chi connectivity index (χ1n) is 5.18. The van der Waals surface area contributed by atoms with E-state index in [0.29, 0.717) is 17.1 Å². The van der Waals surface area contributed by atoms with Crippen molar-refractivity contribution in [3.63, 3.8) is 0 Å². The van der Waals surface area contributed by atoms with Crippen LogP contribution in [0.25, 0.3) is 0 Å². The van der Waals surface area contributed by atoms with Crippen molar-refractivity contribution in [1.82, 2.24) is 0 Å². The van der Waals surface area contributed by atoms with E-state index in [-0.39, 0.29) is 5.70 Å². The van der Waals surface area contributed by atoms with Crippen LogP contribution in [-0.4, -0.2) is 26.1 Å². The van der Waals surface area contributed by atoms with Crippen LogP contribution in [0.3, 0.4) is 0 Å². The molecule has 0 fully saturated rings. The highest BCUT2D eigenvalue weighted by molar-refractivity contribution is 6.03. The molecule has 0 saturated heterocycles. The molecule has 6 nitrogen and oxygen atoms in total. The number of methoxy groups -OCH3 is 1. The second kappa shape index (κ2) is 4.40. The molecule has 0 aliphatic carbocycles. The van der Waals surface area contributed by atoms with Crippen molar-refractivity contribution in [2.75, 3.05) is 24.8 Å². The summed E-state index contributed by atoms with van der Waals surface area (Å²) in [6, 6.07) is 4.90. The lowest BCUT2D eigenvalue weighted by atomic mass is 10.2. The molecule has 2 rings (SSSR count). The number of likely N-dealkylation sites (N-methyl/N-ethyl adjacent to an activating group) is 1. The lowest BCUT2D eigenvalue weighted by Gasteiger charge is -2.28. The van der Waals surface area contributed by atoms with Gasteiger partial charge < -0.3 is 20.1 Å². The average Bonchev–Trinajstić information content (AvgIpc) is 2.35. The molecule has 0 aromatic heterocycles. The number of anilines is 2. The number of nitrogens with zero attached hydrogens (tertiary/aromatic N) is 1. The molecule has 1 aromatic carbocycles. The van der Waals surface area contributed by atoms with E-state index >= 15 is 0 Å². The van der Waals surface area contributed by atoms with Gasteiger partial charge in [-0.05, 0) is 18.2 Å². The Morgan fingerprint density at radius 1 is 1.50 bits per heavy atom. The summed E-state index contributed by atoms with van der Waals surface area (Å²) in [6.07, 6.45) is 1.08. The van der Waals surface area contributed by atoms with Crippen molar-refractivity contribution in [2.45, 2.75) is 0 Å². The summed E-state index contributed by atoms with van der Waals surface area (Å²) in [5.41, 5.74) is 6.92. The first kappa shape index (κ1) is 12.0. The molecule has 0 spiro atoms. The second-order valence-electron chi connectivity index (χ2n) is 3.73. The minimum absolute atomic E-state index is 0.0972. The third-order valence-electron chi connectivity index (χ3n) is 2.57. The molecule has 2 N–H and O–H groups in total. The maximum Gasteiger partial charge on any atom is 0.360 e.